The largest absolute Gasteiger partial charge is 0.294 e. The lowest BCUT2D eigenvalue weighted by Gasteiger charge is -2.12. The van der Waals surface area contributed by atoms with E-state index in [1.165, 1.54) is 0 Å². The van der Waals surface area contributed by atoms with Crippen molar-refractivity contribution in [3.8, 4) is 0 Å². The first-order valence-electron chi connectivity index (χ1n) is 5.62. The van der Waals surface area contributed by atoms with Crippen LogP contribution in [0.1, 0.15) is 36.0 Å². The van der Waals surface area contributed by atoms with Crippen LogP contribution in [0.2, 0.25) is 0 Å². The van der Waals surface area contributed by atoms with Gasteiger partial charge in [0.05, 0.1) is 0 Å². The Labute approximate surface area is 90.8 Å². The molecule has 0 aromatic heterocycles. The minimum absolute atomic E-state index is 0.224. The molecule has 0 N–H and O–H groups in total. The average Bonchev–Trinajstić information content (AvgIpc) is 2.58. The average molecular weight is 200 g/mol. The number of allylic oxidation sites excluding steroid dienone is 2. The zero-order valence-electron chi connectivity index (χ0n) is 8.86. The fourth-order valence-electron chi connectivity index (χ4n) is 2.08. The molecule has 15 heavy (non-hydrogen) atoms. The molecule has 0 spiro atoms. The highest BCUT2D eigenvalue weighted by Crippen LogP contribution is 2.22. The summed E-state index contributed by atoms with van der Waals surface area (Å²) in [5.74, 6) is 0.543. The molecule has 1 heteroatoms. The smallest absolute Gasteiger partial charge is 0.165 e. The summed E-state index contributed by atoms with van der Waals surface area (Å²) in [7, 11) is 0. The maximum Gasteiger partial charge on any atom is 0.165 e. The summed E-state index contributed by atoms with van der Waals surface area (Å²) in [6.45, 7) is 0. The van der Waals surface area contributed by atoms with Crippen LogP contribution in [0, 0.1) is 5.92 Å². The van der Waals surface area contributed by atoms with E-state index >= 15 is 0 Å². The van der Waals surface area contributed by atoms with E-state index in [4.69, 9.17) is 0 Å². The first-order valence-corrected chi connectivity index (χ1v) is 5.62. The summed E-state index contributed by atoms with van der Waals surface area (Å²) < 4.78 is 0. The summed E-state index contributed by atoms with van der Waals surface area (Å²) in [5.41, 5.74) is 0.865. The second-order valence-electron chi connectivity index (χ2n) is 4.05. The van der Waals surface area contributed by atoms with E-state index in [-0.39, 0.29) is 5.92 Å². The molecule has 78 valence electrons. The van der Waals surface area contributed by atoms with Gasteiger partial charge in [0.25, 0.3) is 0 Å². The number of carbonyl (C=O) groups excluding carboxylic acids is 1. The second-order valence-corrected chi connectivity index (χ2v) is 4.05. The summed E-state index contributed by atoms with van der Waals surface area (Å²) in [6, 6.07) is 9.65. The van der Waals surface area contributed by atoms with Crippen molar-refractivity contribution < 1.29 is 4.79 Å². The summed E-state index contributed by atoms with van der Waals surface area (Å²) >= 11 is 0. The SMILES string of the molecule is O=C(c1ccccc1)C1CCC=CCC1. The van der Waals surface area contributed by atoms with Crippen LogP contribution in [0.25, 0.3) is 0 Å². The van der Waals surface area contributed by atoms with Gasteiger partial charge in [-0.25, -0.2) is 0 Å². The van der Waals surface area contributed by atoms with Crippen molar-refractivity contribution >= 4 is 5.78 Å². The molecule has 1 aliphatic carbocycles. The molecule has 0 atom stereocenters. The molecular weight excluding hydrogens is 184 g/mol. The standard InChI is InChI=1S/C14H16O/c15-14(13-10-6-3-7-11-13)12-8-4-1-2-5-9-12/h1-3,6-7,10-12H,4-5,8-9H2. The molecule has 0 bridgehead atoms. The molecule has 0 heterocycles. The van der Waals surface area contributed by atoms with E-state index in [9.17, 15) is 4.79 Å². The van der Waals surface area contributed by atoms with Gasteiger partial charge in [0, 0.05) is 11.5 Å². The van der Waals surface area contributed by atoms with Crippen molar-refractivity contribution in [2.75, 3.05) is 0 Å². The minimum atomic E-state index is 0.224. The number of Topliss-reactive ketones (excluding diaryl/α,β-unsaturated/α-hetero) is 1. The van der Waals surface area contributed by atoms with Gasteiger partial charge in [0.1, 0.15) is 0 Å². The fourth-order valence-corrected chi connectivity index (χ4v) is 2.08. The van der Waals surface area contributed by atoms with Crippen molar-refractivity contribution in [2.45, 2.75) is 25.7 Å². The Kier molecular flexibility index (Phi) is 3.33. The van der Waals surface area contributed by atoms with Gasteiger partial charge in [0.2, 0.25) is 0 Å². The van der Waals surface area contributed by atoms with Gasteiger partial charge in [-0.05, 0) is 25.7 Å². The second kappa shape index (κ2) is 4.92. The highest BCUT2D eigenvalue weighted by atomic mass is 16.1. The number of rotatable bonds is 2. The summed E-state index contributed by atoms with van der Waals surface area (Å²) in [6.07, 6.45) is 8.48. The predicted molar refractivity (Wildman–Crippen MR) is 61.9 cm³/mol. The molecule has 0 saturated carbocycles. The van der Waals surface area contributed by atoms with Crippen LogP contribution in [0.5, 0.6) is 0 Å². The Morgan fingerprint density at radius 2 is 1.60 bits per heavy atom. The van der Waals surface area contributed by atoms with Crippen LogP contribution < -0.4 is 0 Å². The monoisotopic (exact) mass is 200 g/mol. The molecule has 1 aliphatic rings. The Bertz CT molecular complexity index is 341. The van der Waals surface area contributed by atoms with Crippen LogP contribution in [0.4, 0.5) is 0 Å². The van der Waals surface area contributed by atoms with Crippen molar-refractivity contribution in [3.05, 3.63) is 48.0 Å². The van der Waals surface area contributed by atoms with E-state index in [0.29, 0.717) is 5.78 Å². The predicted octanol–water partition coefficient (Wildman–Crippen LogP) is 3.62. The number of hydrogen-bond acceptors (Lipinski definition) is 1. The Hall–Kier alpha value is -1.37. The number of hydrogen-bond donors (Lipinski definition) is 0. The van der Waals surface area contributed by atoms with Crippen LogP contribution in [0.15, 0.2) is 42.5 Å². The third-order valence-corrected chi connectivity index (χ3v) is 2.96. The zero-order chi connectivity index (χ0) is 10.5. The van der Waals surface area contributed by atoms with Crippen molar-refractivity contribution in [1.29, 1.82) is 0 Å². The topological polar surface area (TPSA) is 17.1 Å². The van der Waals surface area contributed by atoms with Crippen molar-refractivity contribution in [3.63, 3.8) is 0 Å². The molecule has 0 fully saturated rings. The van der Waals surface area contributed by atoms with Crippen molar-refractivity contribution in [1.82, 2.24) is 0 Å². The van der Waals surface area contributed by atoms with E-state index in [2.05, 4.69) is 12.2 Å². The molecule has 0 amide bonds. The molecule has 0 aliphatic heterocycles. The third kappa shape index (κ3) is 2.56. The molecule has 1 nitrogen and oxygen atoms in total. The number of benzene rings is 1. The normalized spacial score (nSPS) is 17.3. The highest BCUT2D eigenvalue weighted by molar-refractivity contribution is 5.97. The molecule has 0 radical (unpaired) electrons. The first-order chi connectivity index (χ1) is 7.38. The van der Waals surface area contributed by atoms with Crippen LogP contribution in [0.3, 0.4) is 0 Å². The van der Waals surface area contributed by atoms with Gasteiger partial charge in [0.15, 0.2) is 5.78 Å². The van der Waals surface area contributed by atoms with Gasteiger partial charge in [-0.1, -0.05) is 42.5 Å². The van der Waals surface area contributed by atoms with Gasteiger partial charge >= 0.3 is 0 Å². The van der Waals surface area contributed by atoms with Gasteiger partial charge < -0.3 is 0 Å². The lowest BCUT2D eigenvalue weighted by molar-refractivity contribution is 0.0909. The zero-order valence-corrected chi connectivity index (χ0v) is 8.86. The van der Waals surface area contributed by atoms with E-state index in [0.717, 1.165) is 31.2 Å². The number of carbonyl (C=O) groups is 1. The van der Waals surface area contributed by atoms with Gasteiger partial charge in [-0.3, -0.25) is 4.79 Å². The molecule has 0 unspecified atom stereocenters. The third-order valence-electron chi connectivity index (χ3n) is 2.96. The summed E-state index contributed by atoms with van der Waals surface area (Å²) in [4.78, 5) is 12.1. The van der Waals surface area contributed by atoms with Crippen molar-refractivity contribution in [2.24, 2.45) is 5.92 Å². The Balaban J connectivity index is 2.08. The van der Waals surface area contributed by atoms with Crippen LogP contribution in [-0.2, 0) is 0 Å². The van der Waals surface area contributed by atoms with E-state index in [1.54, 1.807) is 0 Å². The van der Waals surface area contributed by atoms with Crippen LogP contribution >= 0.6 is 0 Å². The lowest BCUT2D eigenvalue weighted by atomic mass is 9.91. The lowest BCUT2D eigenvalue weighted by Crippen LogP contribution is -2.13. The molecule has 0 saturated heterocycles. The first kappa shape index (κ1) is 10.2. The molecule has 1 aromatic rings. The van der Waals surface area contributed by atoms with Gasteiger partial charge in [-0.2, -0.15) is 0 Å². The maximum atomic E-state index is 12.1. The highest BCUT2D eigenvalue weighted by Gasteiger charge is 2.19. The Morgan fingerprint density at radius 3 is 2.20 bits per heavy atom. The van der Waals surface area contributed by atoms with E-state index < -0.39 is 0 Å². The fraction of sp³-hybridized carbons (Fsp3) is 0.357. The van der Waals surface area contributed by atoms with Crippen LogP contribution in [-0.4, -0.2) is 5.78 Å². The van der Waals surface area contributed by atoms with Gasteiger partial charge in [-0.15, -0.1) is 0 Å². The van der Waals surface area contributed by atoms with E-state index in [1.807, 2.05) is 30.3 Å². The molecule has 1 aromatic carbocycles. The summed E-state index contributed by atoms with van der Waals surface area (Å²) in [5, 5.41) is 0. The maximum absolute atomic E-state index is 12.1. The quantitative estimate of drug-likeness (QED) is 0.526. The Morgan fingerprint density at radius 1 is 1.00 bits per heavy atom. The molecular formula is C14H16O. The minimum Gasteiger partial charge on any atom is -0.294 e. The number of ketones is 1. The molecule has 2 rings (SSSR count).